The first-order valence-electron chi connectivity index (χ1n) is 7.42. The number of benzene rings is 1. The molecule has 8 heteroatoms. The molecule has 0 unspecified atom stereocenters. The Morgan fingerprint density at radius 3 is 2.67 bits per heavy atom. The van der Waals surface area contributed by atoms with E-state index >= 15 is 0 Å². The fourth-order valence-corrected chi connectivity index (χ4v) is 3.27. The molecule has 0 N–H and O–H groups in total. The molecular weight excluding hydrogens is 326 g/mol. The summed E-state index contributed by atoms with van der Waals surface area (Å²) in [6, 6.07) is 13.0. The molecule has 24 heavy (non-hydrogen) atoms. The average molecular weight is 341 g/mol. The molecule has 0 spiro atoms. The van der Waals surface area contributed by atoms with E-state index in [1.54, 1.807) is 6.07 Å². The second-order valence-corrected chi connectivity index (χ2v) is 5.95. The SMILES string of the molecule is CCn1c(Cc2ccccc2)nnc1Sc1ncccc1[N+](=O)[O-]. The van der Waals surface area contributed by atoms with Gasteiger partial charge in [-0.2, -0.15) is 0 Å². The van der Waals surface area contributed by atoms with Gasteiger partial charge in [0.1, 0.15) is 5.82 Å². The van der Waals surface area contributed by atoms with Gasteiger partial charge in [-0.05, 0) is 30.3 Å². The molecular formula is C16H15N5O2S. The molecule has 0 aliphatic heterocycles. The minimum absolute atomic E-state index is 0.0298. The van der Waals surface area contributed by atoms with E-state index in [4.69, 9.17) is 0 Å². The molecule has 2 heterocycles. The van der Waals surface area contributed by atoms with Crippen molar-refractivity contribution in [2.24, 2.45) is 0 Å². The summed E-state index contributed by atoms with van der Waals surface area (Å²) in [7, 11) is 0. The van der Waals surface area contributed by atoms with Crippen LogP contribution in [0, 0.1) is 10.1 Å². The number of pyridine rings is 1. The standard InChI is InChI=1S/C16H15N5O2S/c1-2-20-14(11-12-7-4-3-5-8-12)18-19-16(20)24-15-13(21(22)23)9-6-10-17-15/h3-10H,2,11H2,1H3. The van der Waals surface area contributed by atoms with E-state index < -0.39 is 4.92 Å². The lowest BCUT2D eigenvalue weighted by molar-refractivity contribution is -0.388. The summed E-state index contributed by atoms with van der Waals surface area (Å²) in [5, 5.41) is 20.5. The highest BCUT2D eigenvalue weighted by molar-refractivity contribution is 7.99. The van der Waals surface area contributed by atoms with Gasteiger partial charge in [0.15, 0.2) is 10.2 Å². The first-order chi connectivity index (χ1) is 11.7. The van der Waals surface area contributed by atoms with Crippen LogP contribution in [0.15, 0.2) is 58.8 Å². The molecule has 0 bridgehead atoms. The third-order valence-electron chi connectivity index (χ3n) is 3.45. The lowest BCUT2D eigenvalue weighted by Gasteiger charge is -2.07. The molecule has 7 nitrogen and oxygen atoms in total. The average Bonchev–Trinajstić information content (AvgIpc) is 2.97. The molecule has 0 fully saturated rings. The van der Waals surface area contributed by atoms with Gasteiger partial charge >= 0.3 is 5.69 Å². The Balaban J connectivity index is 1.89. The van der Waals surface area contributed by atoms with Crippen molar-refractivity contribution in [3.63, 3.8) is 0 Å². The first kappa shape index (κ1) is 16.1. The Morgan fingerprint density at radius 1 is 1.17 bits per heavy atom. The maximum Gasteiger partial charge on any atom is 0.301 e. The summed E-state index contributed by atoms with van der Waals surface area (Å²) in [5.74, 6) is 0.824. The third-order valence-corrected chi connectivity index (χ3v) is 4.44. The number of hydrogen-bond acceptors (Lipinski definition) is 6. The highest BCUT2D eigenvalue weighted by atomic mass is 32.2. The van der Waals surface area contributed by atoms with Gasteiger partial charge in [-0.15, -0.1) is 10.2 Å². The Hall–Kier alpha value is -2.74. The van der Waals surface area contributed by atoms with Gasteiger partial charge in [0.2, 0.25) is 0 Å². The van der Waals surface area contributed by atoms with Crippen LogP contribution >= 0.6 is 11.8 Å². The summed E-state index contributed by atoms with van der Waals surface area (Å²) in [6.45, 7) is 2.67. The van der Waals surface area contributed by atoms with Crippen LogP contribution in [0.3, 0.4) is 0 Å². The highest BCUT2D eigenvalue weighted by Gasteiger charge is 2.19. The van der Waals surface area contributed by atoms with Crippen molar-refractivity contribution in [1.29, 1.82) is 0 Å². The molecule has 0 aliphatic carbocycles. The Labute approximate surface area is 142 Å². The number of rotatable bonds is 6. The van der Waals surface area contributed by atoms with Gasteiger partial charge < -0.3 is 4.57 Å². The number of nitro groups is 1. The van der Waals surface area contributed by atoms with E-state index in [9.17, 15) is 10.1 Å². The van der Waals surface area contributed by atoms with Crippen LogP contribution in [0.5, 0.6) is 0 Å². The van der Waals surface area contributed by atoms with Gasteiger partial charge in [0.05, 0.1) is 4.92 Å². The third kappa shape index (κ3) is 3.43. The summed E-state index contributed by atoms with van der Waals surface area (Å²) in [5.41, 5.74) is 1.11. The van der Waals surface area contributed by atoms with Gasteiger partial charge in [0, 0.05) is 25.2 Å². The molecule has 122 valence electrons. The molecule has 0 saturated carbocycles. The van der Waals surface area contributed by atoms with Crippen LogP contribution < -0.4 is 0 Å². The topological polar surface area (TPSA) is 86.7 Å². The van der Waals surface area contributed by atoms with Gasteiger partial charge in [-0.1, -0.05) is 30.3 Å². The van der Waals surface area contributed by atoms with Gasteiger partial charge in [0.25, 0.3) is 0 Å². The maximum atomic E-state index is 11.1. The van der Waals surface area contributed by atoms with Crippen LogP contribution in [0.1, 0.15) is 18.3 Å². The maximum absolute atomic E-state index is 11.1. The van der Waals surface area contributed by atoms with E-state index in [1.165, 1.54) is 12.3 Å². The second-order valence-electron chi connectivity index (χ2n) is 4.99. The zero-order valence-electron chi connectivity index (χ0n) is 13.0. The number of nitrogens with zero attached hydrogens (tertiary/aromatic N) is 5. The molecule has 2 aromatic heterocycles. The van der Waals surface area contributed by atoms with E-state index in [-0.39, 0.29) is 5.69 Å². The summed E-state index contributed by atoms with van der Waals surface area (Å²) in [4.78, 5) is 14.8. The van der Waals surface area contributed by atoms with Crippen molar-refractivity contribution in [1.82, 2.24) is 19.7 Å². The van der Waals surface area contributed by atoms with Crippen LogP contribution in [0.2, 0.25) is 0 Å². The number of aromatic nitrogens is 4. The van der Waals surface area contributed by atoms with Crippen molar-refractivity contribution in [3.8, 4) is 0 Å². The molecule has 3 rings (SSSR count). The smallest absolute Gasteiger partial charge is 0.301 e. The largest absolute Gasteiger partial charge is 0.306 e. The fraction of sp³-hybridized carbons (Fsp3) is 0.188. The summed E-state index contributed by atoms with van der Waals surface area (Å²) < 4.78 is 1.95. The quantitative estimate of drug-likeness (QED) is 0.505. The van der Waals surface area contributed by atoms with Crippen molar-refractivity contribution in [3.05, 3.63) is 70.2 Å². The zero-order valence-corrected chi connectivity index (χ0v) is 13.8. The van der Waals surface area contributed by atoms with Crippen LogP contribution in [-0.2, 0) is 13.0 Å². The summed E-state index contributed by atoms with van der Waals surface area (Å²) >= 11 is 1.16. The predicted molar refractivity (Wildman–Crippen MR) is 90.0 cm³/mol. The second kappa shape index (κ2) is 7.22. The Morgan fingerprint density at radius 2 is 1.96 bits per heavy atom. The molecule has 1 aromatic carbocycles. The van der Waals surface area contributed by atoms with Gasteiger partial charge in [-0.25, -0.2) is 4.98 Å². The Kier molecular flexibility index (Phi) is 4.85. The molecule has 0 radical (unpaired) electrons. The van der Waals surface area contributed by atoms with E-state index in [2.05, 4.69) is 15.2 Å². The molecule has 3 aromatic rings. The minimum atomic E-state index is -0.438. The monoisotopic (exact) mass is 341 g/mol. The van der Waals surface area contributed by atoms with Crippen molar-refractivity contribution in [2.75, 3.05) is 0 Å². The lowest BCUT2D eigenvalue weighted by Crippen LogP contribution is -2.04. The van der Waals surface area contributed by atoms with E-state index in [1.807, 2.05) is 41.8 Å². The van der Waals surface area contributed by atoms with E-state index in [0.717, 1.165) is 23.1 Å². The predicted octanol–water partition coefficient (Wildman–Crippen LogP) is 3.34. The zero-order chi connectivity index (χ0) is 16.9. The Bertz CT molecular complexity index is 851. The molecule has 0 amide bonds. The first-order valence-corrected chi connectivity index (χ1v) is 8.24. The van der Waals surface area contributed by atoms with Crippen molar-refractivity contribution in [2.45, 2.75) is 30.1 Å². The molecule has 0 aliphatic rings. The van der Waals surface area contributed by atoms with Crippen LogP contribution in [0.25, 0.3) is 0 Å². The normalized spacial score (nSPS) is 10.7. The van der Waals surface area contributed by atoms with E-state index in [0.29, 0.717) is 23.1 Å². The van der Waals surface area contributed by atoms with Crippen molar-refractivity contribution >= 4 is 17.4 Å². The fourth-order valence-electron chi connectivity index (χ4n) is 2.31. The summed E-state index contributed by atoms with van der Waals surface area (Å²) in [6.07, 6.45) is 2.19. The van der Waals surface area contributed by atoms with Gasteiger partial charge in [-0.3, -0.25) is 10.1 Å². The van der Waals surface area contributed by atoms with Crippen LogP contribution in [-0.4, -0.2) is 24.7 Å². The van der Waals surface area contributed by atoms with Crippen molar-refractivity contribution < 1.29 is 4.92 Å². The minimum Gasteiger partial charge on any atom is -0.306 e. The molecule has 0 saturated heterocycles. The van der Waals surface area contributed by atoms with Crippen LogP contribution in [0.4, 0.5) is 5.69 Å². The highest BCUT2D eigenvalue weighted by Crippen LogP contribution is 2.32. The molecule has 0 atom stereocenters. The lowest BCUT2D eigenvalue weighted by atomic mass is 10.1. The number of hydrogen-bond donors (Lipinski definition) is 0.